The summed E-state index contributed by atoms with van der Waals surface area (Å²) in [7, 11) is 0. The van der Waals surface area contributed by atoms with Crippen LogP contribution in [0.4, 0.5) is 5.69 Å². The maximum Gasteiger partial charge on any atom is 0.218 e. The molecule has 0 aromatic heterocycles. The first kappa shape index (κ1) is 10.5. The molecule has 0 spiro atoms. The Morgan fingerprint density at radius 1 is 1.47 bits per heavy atom. The highest BCUT2D eigenvalue weighted by Crippen LogP contribution is 2.40. The molecule has 0 unspecified atom stereocenters. The molecule has 0 amide bonds. The average molecular weight is 222 g/mol. The molecule has 1 aromatic rings. The highest BCUT2D eigenvalue weighted by atomic mass is 32.2. The Balaban J connectivity index is 2.49. The van der Waals surface area contributed by atoms with E-state index < -0.39 is 5.54 Å². The molecule has 1 aliphatic rings. The maximum absolute atomic E-state index is 11.8. The third-order valence-electron chi connectivity index (χ3n) is 2.47. The van der Waals surface area contributed by atoms with Crippen LogP contribution in [-0.4, -0.2) is 10.7 Å². The molecular formula is C11H14N2OS. The summed E-state index contributed by atoms with van der Waals surface area (Å²) in [5.74, 6) is 0. The van der Waals surface area contributed by atoms with Crippen molar-refractivity contribution >= 4 is 22.6 Å². The first-order valence-corrected chi connectivity index (χ1v) is 5.68. The molecule has 0 bridgehead atoms. The second-order valence-corrected chi connectivity index (χ2v) is 5.12. The van der Waals surface area contributed by atoms with E-state index in [1.807, 2.05) is 32.0 Å². The molecule has 2 rings (SSSR count). The second-order valence-electron chi connectivity index (χ2n) is 4.14. The van der Waals surface area contributed by atoms with Crippen LogP contribution in [0.25, 0.3) is 0 Å². The van der Waals surface area contributed by atoms with E-state index in [-0.39, 0.29) is 5.12 Å². The van der Waals surface area contributed by atoms with Crippen molar-refractivity contribution in [1.29, 1.82) is 0 Å². The number of rotatable bonds is 1. The topological polar surface area (TPSA) is 55.1 Å². The largest absolute Gasteiger partial charge is 0.372 e. The Labute approximate surface area is 93.4 Å². The Hall–Kier alpha value is -1.00. The molecule has 0 saturated carbocycles. The minimum Gasteiger partial charge on any atom is -0.372 e. The Bertz CT molecular complexity index is 415. The molecule has 3 nitrogen and oxygen atoms in total. The fourth-order valence-electron chi connectivity index (χ4n) is 1.57. The van der Waals surface area contributed by atoms with Crippen molar-refractivity contribution < 1.29 is 4.79 Å². The van der Waals surface area contributed by atoms with Gasteiger partial charge in [0.2, 0.25) is 5.12 Å². The van der Waals surface area contributed by atoms with Crippen LogP contribution in [0.5, 0.6) is 0 Å². The summed E-state index contributed by atoms with van der Waals surface area (Å²) >= 11 is 1.29. The first-order chi connectivity index (χ1) is 7.04. The van der Waals surface area contributed by atoms with Crippen molar-refractivity contribution in [2.75, 3.05) is 5.32 Å². The SMILES string of the molecule is CC1(C)Nc2cccc(CN)c2SC1=O. The van der Waals surface area contributed by atoms with Gasteiger partial charge in [-0.15, -0.1) is 0 Å². The third-order valence-corrected chi connectivity index (χ3v) is 3.85. The van der Waals surface area contributed by atoms with Crippen LogP contribution in [0.2, 0.25) is 0 Å². The lowest BCUT2D eigenvalue weighted by atomic mass is 10.1. The second kappa shape index (κ2) is 3.54. The molecule has 0 radical (unpaired) electrons. The molecule has 3 N–H and O–H groups in total. The standard InChI is InChI=1S/C11H14N2OS/c1-11(2)10(14)15-9-7(6-12)4-3-5-8(9)13-11/h3-5,13H,6,12H2,1-2H3. The molecule has 4 heteroatoms. The van der Waals surface area contributed by atoms with Gasteiger partial charge in [-0.05, 0) is 37.2 Å². The van der Waals surface area contributed by atoms with Crippen molar-refractivity contribution in [3.63, 3.8) is 0 Å². The molecule has 0 fully saturated rings. The van der Waals surface area contributed by atoms with Gasteiger partial charge >= 0.3 is 0 Å². The van der Waals surface area contributed by atoms with Crippen LogP contribution in [0.1, 0.15) is 19.4 Å². The lowest BCUT2D eigenvalue weighted by Gasteiger charge is -2.32. The van der Waals surface area contributed by atoms with Gasteiger partial charge in [-0.2, -0.15) is 0 Å². The first-order valence-electron chi connectivity index (χ1n) is 4.87. The van der Waals surface area contributed by atoms with Gasteiger partial charge < -0.3 is 11.1 Å². The van der Waals surface area contributed by atoms with Gasteiger partial charge in [-0.25, -0.2) is 0 Å². The van der Waals surface area contributed by atoms with Crippen LogP contribution in [0.15, 0.2) is 23.1 Å². The zero-order valence-electron chi connectivity index (χ0n) is 8.83. The Kier molecular flexibility index (Phi) is 2.48. The highest BCUT2D eigenvalue weighted by Gasteiger charge is 2.34. The Morgan fingerprint density at radius 3 is 2.87 bits per heavy atom. The summed E-state index contributed by atoms with van der Waals surface area (Å²) in [5, 5.41) is 3.37. The monoisotopic (exact) mass is 222 g/mol. The van der Waals surface area contributed by atoms with Crippen LogP contribution < -0.4 is 11.1 Å². The van der Waals surface area contributed by atoms with Crippen molar-refractivity contribution in [3.05, 3.63) is 23.8 Å². The van der Waals surface area contributed by atoms with Gasteiger partial charge in [0.15, 0.2) is 0 Å². The van der Waals surface area contributed by atoms with E-state index in [4.69, 9.17) is 5.73 Å². The molecule has 0 aliphatic carbocycles. The number of nitrogens with two attached hydrogens (primary N) is 1. The molecule has 0 saturated heterocycles. The summed E-state index contributed by atoms with van der Waals surface area (Å²) in [4.78, 5) is 12.8. The number of thioether (sulfide) groups is 1. The fourth-order valence-corrected chi connectivity index (χ4v) is 2.58. The van der Waals surface area contributed by atoms with E-state index in [0.717, 1.165) is 16.1 Å². The van der Waals surface area contributed by atoms with Crippen LogP contribution in [0, 0.1) is 0 Å². The van der Waals surface area contributed by atoms with Gasteiger partial charge in [0.25, 0.3) is 0 Å². The molecular weight excluding hydrogens is 208 g/mol. The van der Waals surface area contributed by atoms with Gasteiger partial charge in [0.05, 0.1) is 0 Å². The Morgan fingerprint density at radius 2 is 2.20 bits per heavy atom. The molecule has 15 heavy (non-hydrogen) atoms. The van der Waals surface area contributed by atoms with Crippen molar-refractivity contribution in [2.45, 2.75) is 30.8 Å². The maximum atomic E-state index is 11.8. The van der Waals surface area contributed by atoms with Gasteiger partial charge in [-0.1, -0.05) is 12.1 Å². The summed E-state index contributed by atoms with van der Waals surface area (Å²) in [6.45, 7) is 4.24. The minimum absolute atomic E-state index is 0.135. The summed E-state index contributed by atoms with van der Waals surface area (Å²) < 4.78 is 0. The number of anilines is 1. The zero-order valence-corrected chi connectivity index (χ0v) is 9.65. The van der Waals surface area contributed by atoms with Crippen molar-refractivity contribution in [2.24, 2.45) is 5.73 Å². The molecule has 0 atom stereocenters. The number of carbonyl (C=O) groups excluding carboxylic acids is 1. The van der Waals surface area contributed by atoms with Gasteiger partial charge in [0.1, 0.15) is 5.54 Å². The summed E-state index contributed by atoms with van der Waals surface area (Å²) in [5.41, 5.74) is 7.17. The molecule has 1 aliphatic heterocycles. The van der Waals surface area contributed by atoms with E-state index in [9.17, 15) is 4.79 Å². The molecule has 80 valence electrons. The highest BCUT2D eigenvalue weighted by molar-refractivity contribution is 8.14. The molecule has 1 aromatic carbocycles. The van der Waals surface area contributed by atoms with E-state index in [1.54, 1.807) is 0 Å². The average Bonchev–Trinajstić information content (AvgIpc) is 2.18. The van der Waals surface area contributed by atoms with E-state index in [0.29, 0.717) is 6.54 Å². The lowest BCUT2D eigenvalue weighted by Crippen LogP contribution is -2.41. The van der Waals surface area contributed by atoms with E-state index >= 15 is 0 Å². The van der Waals surface area contributed by atoms with Gasteiger partial charge in [-0.3, -0.25) is 4.79 Å². The lowest BCUT2D eigenvalue weighted by molar-refractivity contribution is -0.114. The predicted molar refractivity (Wildman–Crippen MR) is 62.9 cm³/mol. The smallest absolute Gasteiger partial charge is 0.218 e. The van der Waals surface area contributed by atoms with E-state index in [1.165, 1.54) is 11.8 Å². The number of hydrogen-bond donors (Lipinski definition) is 2. The number of fused-ring (bicyclic) bond motifs is 1. The van der Waals surface area contributed by atoms with Crippen LogP contribution in [-0.2, 0) is 11.3 Å². The van der Waals surface area contributed by atoms with Crippen LogP contribution >= 0.6 is 11.8 Å². The summed E-state index contributed by atoms with van der Waals surface area (Å²) in [6, 6.07) is 5.90. The number of benzene rings is 1. The van der Waals surface area contributed by atoms with Crippen molar-refractivity contribution in [1.82, 2.24) is 0 Å². The zero-order chi connectivity index (χ0) is 11.1. The predicted octanol–water partition coefficient (Wildman–Crippen LogP) is 1.97. The third kappa shape index (κ3) is 1.75. The summed E-state index contributed by atoms with van der Waals surface area (Å²) in [6.07, 6.45) is 0. The number of hydrogen-bond acceptors (Lipinski definition) is 4. The fraction of sp³-hybridized carbons (Fsp3) is 0.364. The number of nitrogens with one attached hydrogen (secondary N) is 1. The van der Waals surface area contributed by atoms with Crippen LogP contribution in [0.3, 0.4) is 0 Å². The van der Waals surface area contributed by atoms with Crippen molar-refractivity contribution in [3.8, 4) is 0 Å². The molecule has 1 heterocycles. The normalized spacial score (nSPS) is 18.2. The minimum atomic E-state index is -0.495. The number of carbonyl (C=O) groups is 1. The quantitative estimate of drug-likeness (QED) is 0.762. The van der Waals surface area contributed by atoms with E-state index in [2.05, 4.69) is 5.32 Å². The van der Waals surface area contributed by atoms with Gasteiger partial charge in [0, 0.05) is 17.1 Å².